The van der Waals surface area contributed by atoms with Crippen LogP contribution in [0, 0.1) is 0 Å². The normalized spacial score (nSPS) is 13.8. The molecule has 0 amide bonds. The molecule has 1 aromatic heterocycles. The molecule has 4 nitrogen and oxygen atoms in total. The van der Waals surface area contributed by atoms with Crippen LogP contribution < -0.4 is 0 Å². The largest absolute Gasteiger partial charge is 0.293 e. The van der Waals surface area contributed by atoms with Crippen LogP contribution in [-0.2, 0) is 0 Å². The summed E-state index contributed by atoms with van der Waals surface area (Å²) in [6.45, 7) is 0. The minimum atomic E-state index is -0.0239. The molecule has 0 saturated heterocycles. The zero-order valence-corrected chi connectivity index (χ0v) is 16.1. The van der Waals surface area contributed by atoms with Crippen LogP contribution in [0.4, 0.5) is 0 Å². The molecule has 0 bridgehead atoms. The van der Waals surface area contributed by atoms with Gasteiger partial charge >= 0.3 is 0 Å². The van der Waals surface area contributed by atoms with E-state index in [0.717, 1.165) is 29.5 Å². The van der Waals surface area contributed by atoms with Crippen molar-refractivity contribution in [3.63, 3.8) is 0 Å². The summed E-state index contributed by atoms with van der Waals surface area (Å²) in [4.78, 5) is 12.5. The number of ketones is 1. The lowest BCUT2D eigenvalue weighted by Crippen LogP contribution is -2.05. The number of halogens is 2. The van der Waals surface area contributed by atoms with Gasteiger partial charge in [-0.05, 0) is 43.2 Å². The van der Waals surface area contributed by atoms with Crippen molar-refractivity contribution < 1.29 is 4.79 Å². The highest BCUT2D eigenvalue weighted by Crippen LogP contribution is 2.41. The molecule has 0 N–H and O–H groups in total. The molecule has 1 fully saturated rings. The lowest BCUT2D eigenvalue weighted by Gasteiger charge is -2.09. The number of carbonyl (C=O) groups excluding carboxylic acids is 1. The van der Waals surface area contributed by atoms with Gasteiger partial charge in [-0.1, -0.05) is 53.2 Å². The van der Waals surface area contributed by atoms with E-state index in [4.69, 9.17) is 23.2 Å². The van der Waals surface area contributed by atoms with Crippen LogP contribution in [0.1, 0.15) is 34.9 Å². The first-order chi connectivity index (χ1) is 12.6. The van der Waals surface area contributed by atoms with Gasteiger partial charge in [-0.3, -0.25) is 9.36 Å². The average molecular weight is 404 g/mol. The second kappa shape index (κ2) is 7.43. The molecule has 1 aliphatic rings. The topological polar surface area (TPSA) is 47.8 Å². The third kappa shape index (κ3) is 3.65. The molecule has 2 aromatic carbocycles. The van der Waals surface area contributed by atoms with Gasteiger partial charge in [0.05, 0.1) is 15.8 Å². The summed E-state index contributed by atoms with van der Waals surface area (Å²) < 4.78 is 2.06. The Hall–Kier alpha value is -1.82. The Labute approximate surface area is 165 Å². The Bertz CT molecular complexity index is 955. The van der Waals surface area contributed by atoms with Crippen LogP contribution in [0.15, 0.2) is 53.7 Å². The minimum absolute atomic E-state index is 0.0239. The second-order valence-electron chi connectivity index (χ2n) is 6.13. The quantitative estimate of drug-likeness (QED) is 0.406. The molecule has 0 spiro atoms. The first kappa shape index (κ1) is 17.6. The van der Waals surface area contributed by atoms with Crippen LogP contribution in [0.2, 0.25) is 10.0 Å². The number of thioether (sulfide) groups is 1. The Morgan fingerprint density at radius 1 is 1.08 bits per heavy atom. The van der Waals surface area contributed by atoms with Crippen LogP contribution in [0.3, 0.4) is 0 Å². The van der Waals surface area contributed by atoms with Crippen molar-refractivity contribution in [2.45, 2.75) is 23.9 Å². The van der Waals surface area contributed by atoms with Gasteiger partial charge in [0.25, 0.3) is 0 Å². The third-order valence-electron chi connectivity index (χ3n) is 4.19. The second-order valence-corrected chi connectivity index (χ2v) is 7.88. The van der Waals surface area contributed by atoms with Crippen LogP contribution in [0.5, 0.6) is 0 Å². The molecule has 0 unspecified atom stereocenters. The molecule has 7 heteroatoms. The number of para-hydroxylation sites is 1. The molecule has 3 aromatic rings. The molecule has 1 heterocycles. The van der Waals surface area contributed by atoms with Crippen LogP contribution in [0.25, 0.3) is 5.69 Å². The van der Waals surface area contributed by atoms with E-state index in [2.05, 4.69) is 14.8 Å². The van der Waals surface area contributed by atoms with E-state index in [-0.39, 0.29) is 11.5 Å². The Balaban J connectivity index is 1.57. The molecule has 1 saturated carbocycles. The van der Waals surface area contributed by atoms with E-state index in [1.807, 2.05) is 30.3 Å². The Morgan fingerprint density at radius 3 is 2.54 bits per heavy atom. The van der Waals surface area contributed by atoms with E-state index >= 15 is 0 Å². The zero-order valence-electron chi connectivity index (χ0n) is 13.7. The lowest BCUT2D eigenvalue weighted by molar-refractivity contribution is 0.102. The fourth-order valence-electron chi connectivity index (χ4n) is 2.68. The van der Waals surface area contributed by atoms with E-state index in [9.17, 15) is 4.79 Å². The number of benzene rings is 2. The lowest BCUT2D eigenvalue weighted by atomic mass is 10.1. The van der Waals surface area contributed by atoms with Gasteiger partial charge in [-0.2, -0.15) is 0 Å². The van der Waals surface area contributed by atoms with Gasteiger partial charge < -0.3 is 0 Å². The van der Waals surface area contributed by atoms with Gasteiger partial charge in [0, 0.05) is 17.2 Å². The first-order valence-electron chi connectivity index (χ1n) is 8.25. The Kier molecular flexibility index (Phi) is 5.02. The number of nitrogens with zero attached hydrogens (tertiary/aromatic N) is 3. The summed E-state index contributed by atoms with van der Waals surface area (Å²) in [5.74, 6) is 1.67. The van der Waals surface area contributed by atoms with Crippen LogP contribution >= 0.6 is 35.0 Å². The zero-order chi connectivity index (χ0) is 18.1. The highest BCUT2D eigenvalue weighted by atomic mass is 35.5. The van der Waals surface area contributed by atoms with Crippen molar-refractivity contribution in [1.82, 2.24) is 14.8 Å². The molecule has 0 atom stereocenters. The summed E-state index contributed by atoms with van der Waals surface area (Å²) in [6.07, 6.45) is 2.27. The van der Waals surface area contributed by atoms with E-state index in [1.54, 1.807) is 18.2 Å². The smallest absolute Gasteiger partial charge is 0.196 e. The van der Waals surface area contributed by atoms with Crippen molar-refractivity contribution in [3.05, 3.63) is 70.0 Å². The molecular weight excluding hydrogens is 389 g/mol. The van der Waals surface area contributed by atoms with Crippen molar-refractivity contribution in [2.24, 2.45) is 0 Å². The predicted octanol–water partition coefficient (Wildman–Crippen LogP) is 5.43. The van der Waals surface area contributed by atoms with Gasteiger partial charge in [0.1, 0.15) is 5.82 Å². The average Bonchev–Trinajstić information content (AvgIpc) is 3.42. The number of rotatable bonds is 6. The van der Waals surface area contributed by atoms with Gasteiger partial charge in [-0.25, -0.2) is 0 Å². The fourth-order valence-corrected chi connectivity index (χ4v) is 3.83. The number of carbonyl (C=O) groups is 1. The number of Topliss-reactive ketones (excluding diaryl/α,β-unsaturated/α-hetero) is 1. The predicted molar refractivity (Wildman–Crippen MR) is 105 cm³/mol. The van der Waals surface area contributed by atoms with Gasteiger partial charge in [0.2, 0.25) is 0 Å². The molecule has 4 rings (SSSR count). The monoisotopic (exact) mass is 403 g/mol. The number of hydrogen-bond donors (Lipinski definition) is 0. The fraction of sp³-hybridized carbons (Fsp3) is 0.211. The summed E-state index contributed by atoms with van der Waals surface area (Å²) in [6, 6.07) is 14.9. The van der Waals surface area contributed by atoms with Crippen molar-refractivity contribution >= 4 is 40.7 Å². The molecular formula is C19H15Cl2N3OS. The maximum atomic E-state index is 12.5. The van der Waals surface area contributed by atoms with Crippen molar-refractivity contribution in [3.8, 4) is 5.69 Å². The minimum Gasteiger partial charge on any atom is -0.293 e. The highest BCUT2D eigenvalue weighted by molar-refractivity contribution is 7.99. The standard InChI is InChI=1S/C19H15Cl2N3OS/c20-15-9-8-13(10-16(15)21)17(25)11-26-19-23-22-18(12-6-7-12)24(19)14-4-2-1-3-5-14/h1-5,8-10,12H,6-7,11H2. The van der Waals surface area contributed by atoms with E-state index < -0.39 is 0 Å². The molecule has 132 valence electrons. The third-order valence-corrected chi connectivity index (χ3v) is 5.86. The highest BCUT2D eigenvalue weighted by Gasteiger charge is 2.31. The first-order valence-corrected chi connectivity index (χ1v) is 9.99. The van der Waals surface area contributed by atoms with E-state index in [0.29, 0.717) is 21.5 Å². The summed E-state index contributed by atoms with van der Waals surface area (Å²) >= 11 is 13.3. The molecule has 0 radical (unpaired) electrons. The van der Waals surface area contributed by atoms with Gasteiger partial charge in [0.15, 0.2) is 10.9 Å². The Morgan fingerprint density at radius 2 is 1.85 bits per heavy atom. The molecule has 26 heavy (non-hydrogen) atoms. The molecule has 0 aliphatic heterocycles. The summed E-state index contributed by atoms with van der Waals surface area (Å²) in [7, 11) is 0. The summed E-state index contributed by atoms with van der Waals surface area (Å²) in [5, 5.41) is 10.2. The van der Waals surface area contributed by atoms with E-state index in [1.165, 1.54) is 11.8 Å². The molecule has 1 aliphatic carbocycles. The number of aromatic nitrogens is 3. The maximum absolute atomic E-state index is 12.5. The van der Waals surface area contributed by atoms with Crippen molar-refractivity contribution in [1.29, 1.82) is 0 Å². The summed E-state index contributed by atoms with van der Waals surface area (Å²) in [5.41, 5.74) is 1.56. The van der Waals surface area contributed by atoms with Gasteiger partial charge in [-0.15, -0.1) is 10.2 Å². The number of hydrogen-bond acceptors (Lipinski definition) is 4. The van der Waals surface area contributed by atoms with Crippen LogP contribution in [-0.4, -0.2) is 26.3 Å². The SMILES string of the molecule is O=C(CSc1nnc(C2CC2)n1-c1ccccc1)c1ccc(Cl)c(Cl)c1. The van der Waals surface area contributed by atoms with Crippen molar-refractivity contribution in [2.75, 3.05) is 5.75 Å². The maximum Gasteiger partial charge on any atom is 0.196 e.